The fourth-order valence-corrected chi connectivity index (χ4v) is 2.87. The molecular weight excluding hydrogens is 457 g/mol. The number of hydrogen-bond acceptors (Lipinski definition) is 4. The van der Waals surface area contributed by atoms with Gasteiger partial charge in [0, 0.05) is 44.3 Å². The molecule has 1 unspecified atom stereocenters. The molecule has 0 saturated carbocycles. The van der Waals surface area contributed by atoms with Crippen molar-refractivity contribution >= 4 is 29.9 Å². The van der Waals surface area contributed by atoms with Crippen LogP contribution in [0.3, 0.4) is 0 Å². The summed E-state index contributed by atoms with van der Waals surface area (Å²) in [7, 11) is 1.77. The van der Waals surface area contributed by atoms with Gasteiger partial charge >= 0.3 is 0 Å². The first-order chi connectivity index (χ1) is 12.5. The third-order valence-corrected chi connectivity index (χ3v) is 4.04. The Hall–Kier alpha value is -1.22. The number of aliphatic imine (C=N–C) groups is 1. The van der Waals surface area contributed by atoms with Gasteiger partial charge in [0.25, 0.3) is 0 Å². The summed E-state index contributed by atoms with van der Waals surface area (Å²) in [4.78, 5) is 4.26. The van der Waals surface area contributed by atoms with Gasteiger partial charge in [0.1, 0.15) is 17.6 Å². The molecule has 2 N–H and O–H groups in total. The summed E-state index contributed by atoms with van der Waals surface area (Å²) in [5, 5.41) is 6.60. The molecule has 0 aliphatic carbocycles. The van der Waals surface area contributed by atoms with Gasteiger partial charge in [0.15, 0.2) is 5.96 Å². The van der Waals surface area contributed by atoms with Crippen LogP contribution in [0.1, 0.15) is 38.8 Å². The Kier molecular flexibility index (Phi) is 10.8. The molecule has 1 heterocycles. The number of ether oxygens (including phenoxy) is 3. The van der Waals surface area contributed by atoms with Gasteiger partial charge in [-0.3, -0.25) is 4.99 Å². The lowest BCUT2D eigenvalue weighted by Crippen LogP contribution is -2.38. The van der Waals surface area contributed by atoms with E-state index in [9.17, 15) is 0 Å². The van der Waals surface area contributed by atoms with Crippen molar-refractivity contribution in [2.45, 2.75) is 46.8 Å². The summed E-state index contributed by atoms with van der Waals surface area (Å²) < 4.78 is 17.3. The molecule has 1 aliphatic heterocycles. The minimum atomic E-state index is 0. The third kappa shape index (κ3) is 7.73. The van der Waals surface area contributed by atoms with Gasteiger partial charge in [-0.2, -0.15) is 0 Å². The standard InChI is InChI=1S/C20H33N3O3.HI/c1-6-25-18-10-16-9-15(4)26-19(16)11-17(18)12-23-20(21-5)22-7-8-24-13-14(2)3;/h10-11,14-15H,6-9,12-13H2,1-5H3,(H2,21,22,23);1H. The van der Waals surface area contributed by atoms with E-state index in [0.717, 1.165) is 42.6 Å². The highest BCUT2D eigenvalue weighted by Crippen LogP contribution is 2.35. The molecule has 0 bridgehead atoms. The van der Waals surface area contributed by atoms with E-state index >= 15 is 0 Å². The van der Waals surface area contributed by atoms with Crippen molar-refractivity contribution in [3.8, 4) is 11.5 Å². The summed E-state index contributed by atoms with van der Waals surface area (Å²) in [6, 6.07) is 4.19. The average Bonchev–Trinajstić information content (AvgIpc) is 2.96. The summed E-state index contributed by atoms with van der Waals surface area (Å²) >= 11 is 0. The van der Waals surface area contributed by atoms with Gasteiger partial charge in [0.05, 0.1) is 13.2 Å². The maximum atomic E-state index is 5.88. The lowest BCUT2D eigenvalue weighted by atomic mass is 10.1. The van der Waals surface area contributed by atoms with Crippen molar-refractivity contribution in [2.75, 3.05) is 33.4 Å². The Morgan fingerprint density at radius 2 is 2.11 bits per heavy atom. The van der Waals surface area contributed by atoms with E-state index in [1.54, 1.807) is 7.05 Å². The number of nitrogens with zero attached hydrogens (tertiary/aromatic N) is 1. The van der Waals surface area contributed by atoms with E-state index < -0.39 is 0 Å². The summed E-state index contributed by atoms with van der Waals surface area (Å²) in [6.45, 7) is 11.8. The highest BCUT2D eigenvalue weighted by atomic mass is 127. The third-order valence-electron chi connectivity index (χ3n) is 4.04. The predicted molar refractivity (Wildman–Crippen MR) is 121 cm³/mol. The minimum absolute atomic E-state index is 0. The van der Waals surface area contributed by atoms with Crippen LogP contribution in [0.5, 0.6) is 11.5 Å². The zero-order valence-corrected chi connectivity index (χ0v) is 19.5. The normalized spacial score (nSPS) is 15.8. The van der Waals surface area contributed by atoms with Crippen molar-refractivity contribution in [3.63, 3.8) is 0 Å². The second-order valence-electron chi connectivity index (χ2n) is 6.95. The van der Waals surface area contributed by atoms with Gasteiger partial charge < -0.3 is 24.8 Å². The summed E-state index contributed by atoms with van der Waals surface area (Å²) in [5.74, 6) is 3.17. The topological polar surface area (TPSA) is 64.1 Å². The van der Waals surface area contributed by atoms with Crippen LogP contribution in [0.2, 0.25) is 0 Å². The van der Waals surface area contributed by atoms with Crippen LogP contribution < -0.4 is 20.1 Å². The maximum absolute atomic E-state index is 5.88. The lowest BCUT2D eigenvalue weighted by molar-refractivity contribution is 0.114. The molecule has 154 valence electrons. The van der Waals surface area contributed by atoms with Crippen LogP contribution in [0.25, 0.3) is 0 Å². The van der Waals surface area contributed by atoms with E-state index in [1.165, 1.54) is 5.56 Å². The number of halogens is 1. The highest BCUT2D eigenvalue weighted by molar-refractivity contribution is 14.0. The monoisotopic (exact) mass is 491 g/mol. The van der Waals surface area contributed by atoms with Crippen LogP contribution in [-0.4, -0.2) is 45.5 Å². The Morgan fingerprint density at radius 3 is 2.78 bits per heavy atom. The molecule has 1 aromatic carbocycles. The molecular formula is C20H34IN3O3. The zero-order valence-electron chi connectivity index (χ0n) is 17.1. The van der Waals surface area contributed by atoms with Crippen molar-refractivity contribution in [1.29, 1.82) is 0 Å². The smallest absolute Gasteiger partial charge is 0.191 e. The predicted octanol–water partition coefficient (Wildman–Crippen LogP) is 3.36. The lowest BCUT2D eigenvalue weighted by Gasteiger charge is -2.16. The first-order valence-corrected chi connectivity index (χ1v) is 9.51. The van der Waals surface area contributed by atoms with Crippen LogP contribution in [0.15, 0.2) is 17.1 Å². The van der Waals surface area contributed by atoms with Crippen LogP contribution in [0.4, 0.5) is 0 Å². The number of rotatable bonds is 9. The van der Waals surface area contributed by atoms with Gasteiger partial charge in [-0.25, -0.2) is 0 Å². The van der Waals surface area contributed by atoms with E-state index in [-0.39, 0.29) is 30.1 Å². The molecule has 1 aromatic rings. The molecule has 0 aromatic heterocycles. The van der Waals surface area contributed by atoms with Crippen LogP contribution in [0, 0.1) is 5.92 Å². The summed E-state index contributed by atoms with van der Waals surface area (Å²) in [6.07, 6.45) is 1.16. The fourth-order valence-electron chi connectivity index (χ4n) is 2.87. The summed E-state index contributed by atoms with van der Waals surface area (Å²) in [5.41, 5.74) is 2.29. The zero-order chi connectivity index (χ0) is 18.9. The minimum Gasteiger partial charge on any atom is -0.494 e. The van der Waals surface area contributed by atoms with Crippen molar-refractivity contribution in [3.05, 3.63) is 23.3 Å². The second-order valence-corrected chi connectivity index (χ2v) is 6.95. The second kappa shape index (κ2) is 12.3. The Balaban J connectivity index is 0.00000364. The first-order valence-electron chi connectivity index (χ1n) is 9.51. The number of nitrogens with one attached hydrogen (secondary N) is 2. The Morgan fingerprint density at radius 1 is 1.33 bits per heavy atom. The van der Waals surface area contributed by atoms with E-state index in [2.05, 4.69) is 48.5 Å². The Bertz CT molecular complexity index is 608. The number of benzene rings is 1. The molecule has 1 atom stereocenters. The molecule has 0 radical (unpaired) electrons. The Labute approximate surface area is 180 Å². The first kappa shape index (κ1) is 23.8. The molecule has 7 heteroatoms. The number of hydrogen-bond donors (Lipinski definition) is 2. The van der Waals surface area contributed by atoms with Crippen molar-refractivity contribution < 1.29 is 14.2 Å². The van der Waals surface area contributed by atoms with Gasteiger partial charge in [0.2, 0.25) is 0 Å². The SMILES string of the molecule is CCOc1cc2c(cc1CNC(=NC)NCCOCC(C)C)OC(C)C2.I. The van der Waals surface area contributed by atoms with E-state index in [1.807, 2.05) is 6.92 Å². The maximum Gasteiger partial charge on any atom is 0.191 e. The van der Waals surface area contributed by atoms with E-state index in [4.69, 9.17) is 14.2 Å². The van der Waals surface area contributed by atoms with Gasteiger partial charge in [-0.1, -0.05) is 13.8 Å². The number of guanidine groups is 1. The molecule has 0 spiro atoms. The molecule has 1 aliphatic rings. The molecule has 0 fully saturated rings. The van der Waals surface area contributed by atoms with Crippen LogP contribution in [-0.2, 0) is 17.7 Å². The van der Waals surface area contributed by atoms with Gasteiger partial charge in [-0.05, 0) is 31.9 Å². The molecule has 27 heavy (non-hydrogen) atoms. The highest BCUT2D eigenvalue weighted by Gasteiger charge is 2.21. The van der Waals surface area contributed by atoms with E-state index in [0.29, 0.717) is 25.7 Å². The largest absolute Gasteiger partial charge is 0.494 e. The molecule has 0 saturated heterocycles. The molecule has 2 rings (SSSR count). The molecule has 0 amide bonds. The van der Waals surface area contributed by atoms with Crippen molar-refractivity contribution in [1.82, 2.24) is 10.6 Å². The fraction of sp³-hybridized carbons (Fsp3) is 0.650. The number of fused-ring (bicyclic) bond motifs is 1. The van der Waals surface area contributed by atoms with Crippen molar-refractivity contribution in [2.24, 2.45) is 10.9 Å². The van der Waals surface area contributed by atoms with Crippen LogP contribution >= 0.6 is 24.0 Å². The quantitative estimate of drug-likeness (QED) is 0.240. The average molecular weight is 491 g/mol. The molecule has 6 nitrogen and oxygen atoms in total. The van der Waals surface area contributed by atoms with Gasteiger partial charge in [-0.15, -0.1) is 24.0 Å².